The van der Waals surface area contributed by atoms with Gasteiger partial charge in [-0.25, -0.2) is 0 Å². The number of carbonyl (C=O) groups is 1. The highest BCUT2D eigenvalue weighted by atomic mass is 16.5. The standard InChI is InChI=1S/C15H19NO3/c1-11(2)10-19-14-5-3-4-13(7-14)16-8-12(9-17)6-15(16)18/h3-5,7,12,17H,1,6,8-10H2,2H3. The van der Waals surface area contributed by atoms with E-state index in [0.717, 1.165) is 17.0 Å². The Balaban J connectivity index is 2.10. The van der Waals surface area contributed by atoms with E-state index in [0.29, 0.717) is 19.6 Å². The number of benzene rings is 1. The van der Waals surface area contributed by atoms with E-state index >= 15 is 0 Å². The summed E-state index contributed by atoms with van der Waals surface area (Å²) in [5.41, 5.74) is 1.77. The Labute approximate surface area is 113 Å². The highest BCUT2D eigenvalue weighted by Gasteiger charge is 2.30. The Morgan fingerprint density at radius 3 is 3.00 bits per heavy atom. The van der Waals surface area contributed by atoms with Gasteiger partial charge in [-0.05, 0) is 24.6 Å². The highest BCUT2D eigenvalue weighted by molar-refractivity contribution is 5.95. The molecule has 1 unspecified atom stereocenters. The highest BCUT2D eigenvalue weighted by Crippen LogP contribution is 2.27. The molecule has 0 radical (unpaired) electrons. The summed E-state index contributed by atoms with van der Waals surface area (Å²) in [6, 6.07) is 7.45. The quantitative estimate of drug-likeness (QED) is 0.825. The number of aliphatic hydroxyl groups is 1. The Bertz CT molecular complexity index is 484. The van der Waals surface area contributed by atoms with Crippen molar-refractivity contribution in [1.29, 1.82) is 0 Å². The largest absolute Gasteiger partial charge is 0.489 e. The van der Waals surface area contributed by atoms with Crippen molar-refractivity contribution in [3.63, 3.8) is 0 Å². The van der Waals surface area contributed by atoms with Gasteiger partial charge in [0.05, 0.1) is 0 Å². The summed E-state index contributed by atoms with van der Waals surface area (Å²) >= 11 is 0. The first-order valence-corrected chi connectivity index (χ1v) is 6.38. The molecule has 1 amide bonds. The van der Waals surface area contributed by atoms with Gasteiger partial charge in [-0.1, -0.05) is 12.6 Å². The number of nitrogens with zero attached hydrogens (tertiary/aromatic N) is 1. The number of carbonyl (C=O) groups excluding carboxylic acids is 1. The topological polar surface area (TPSA) is 49.8 Å². The normalized spacial score (nSPS) is 18.7. The molecule has 2 rings (SSSR count). The molecule has 0 aliphatic carbocycles. The molecule has 0 saturated carbocycles. The van der Waals surface area contributed by atoms with Gasteiger partial charge in [0.1, 0.15) is 12.4 Å². The maximum absolute atomic E-state index is 11.9. The molecule has 1 heterocycles. The van der Waals surface area contributed by atoms with Crippen LogP contribution >= 0.6 is 0 Å². The zero-order valence-corrected chi connectivity index (χ0v) is 11.1. The number of aliphatic hydroxyl groups excluding tert-OH is 1. The Kier molecular flexibility index (Phi) is 4.22. The van der Waals surface area contributed by atoms with E-state index in [-0.39, 0.29) is 18.4 Å². The summed E-state index contributed by atoms with van der Waals surface area (Å²) in [7, 11) is 0. The van der Waals surface area contributed by atoms with Crippen molar-refractivity contribution < 1.29 is 14.6 Å². The molecule has 1 saturated heterocycles. The number of amides is 1. The van der Waals surface area contributed by atoms with E-state index in [2.05, 4.69) is 6.58 Å². The van der Waals surface area contributed by atoms with E-state index in [1.807, 2.05) is 31.2 Å². The molecule has 4 nitrogen and oxygen atoms in total. The van der Waals surface area contributed by atoms with Crippen LogP contribution in [0.15, 0.2) is 36.4 Å². The van der Waals surface area contributed by atoms with Crippen molar-refractivity contribution in [2.45, 2.75) is 13.3 Å². The first-order chi connectivity index (χ1) is 9.10. The zero-order valence-electron chi connectivity index (χ0n) is 11.1. The molecule has 1 fully saturated rings. The van der Waals surface area contributed by atoms with Crippen molar-refractivity contribution in [2.24, 2.45) is 5.92 Å². The molecule has 1 aromatic carbocycles. The van der Waals surface area contributed by atoms with Gasteiger partial charge in [0.2, 0.25) is 5.91 Å². The maximum Gasteiger partial charge on any atom is 0.227 e. The average molecular weight is 261 g/mol. The molecule has 1 aliphatic rings. The summed E-state index contributed by atoms with van der Waals surface area (Å²) in [6.07, 6.45) is 0.410. The summed E-state index contributed by atoms with van der Waals surface area (Å²) in [4.78, 5) is 13.6. The SMILES string of the molecule is C=C(C)COc1cccc(N2CC(CO)CC2=O)c1. The third kappa shape index (κ3) is 3.35. The van der Waals surface area contributed by atoms with Crippen LogP contribution in [0, 0.1) is 5.92 Å². The van der Waals surface area contributed by atoms with Gasteiger partial charge in [-0.15, -0.1) is 0 Å². The molecule has 0 aromatic heterocycles. The molecule has 1 atom stereocenters. The van der Waals surface area contributed by atoms with Crippen LogP contribution in [0.3, 0.4) is 0 Å². The summed E-state index contributed by atoms with van der Waals surface area (Å²) < 4.78 is 5.57. The molecular formula is C15H19NO3. The van der Waals surface area contributed by atoms with E-state index in [4.69, 9.17) is 9.84 Å². The molecule has 1 N–H and O–H groups in total. The molecule has 0 spiro atoms. The van der Waals surface area contributed by atoms with Crippen LogP contribution in [0.1, 0.15) is 13.3 Å². The number of ether oxygens (including phenoxy) is 1. The predicted octanol–water partition coefficient (Wildman–Crippen LogP) is 1.99. The summed E-state index contributed by atoms with van der Waals surface area (Å²) in [5, 5.41) is 9.14. The third-order valence-corrected chi connectivity index (χ3v) is 3.08. The fourth-order valence-electron chi connectivity index (χ4n) is 2.10. The average Bonchev–Trinajstić information content (AvgIpc) is 2.78. The van der Waals surface area contributed by atoms with Crippen LogP contribution in [0.25, 0.3) is 0 Å². The minimum atomic E-state index is 0.0347. The van der Waals surface area contributed by atoms with Gasteiger partial charge >= 0.3 is 0 Å². The van der Waals surface area contributed by atoms with Crippen LogP contribution in [0.5, 0.6) is 5.75 Å². The molecular weight excluding hydrogens is 242 g/mol. The van der Waals surface area contributed by atoms with Gasteiger partial charge in [-0.3, -0.25) is 4.79 Å². The predicted molar refractivity (Wildman–Crippen MR) is 74.3 cm³/mol. The molecule has 0 bridgehead atoms. The molecule has 1 aromatic rings. The van der Waals surface area contributed by atoms with Crippen molar-refractivity contribution in [1.82, 2.24) is 0 Å². The molecule has 1 aliphatic heterocycles. The summed E-state index contributed by atoms with van der Waals surface area (Å²) in [6.45, 7) is 6.78. The van der Waals surface area contributed by atoms with E-state index in [1.54, 1.807) is 4.90 Å². The van der Waals surface area contributed by atoms with Crippen molar-refractivity contribution in [2.75, 3.05) is 24.7 Å². The number of hydrogen-bond donors (Lipinski definition) is 1. The van der Waals surface area contributed by atoms with Crippen LogP contribution in [-0.4, -0.2) is 30.8 Å². The van der Waals surface area contributed by atoms with Crippen LogP contribution in [0.4, 0.5) is 5.69 Å². The summed E-state index contributed by atoms with van der Waals surface area (Å²) in [5.74, 6) is 0.810. The lowest BCUT2D eigenvalue weighted by molar-refractivity contribution is -0.117. The molecule has 19 heavy (non-hydrogen) atoms. The number of rotatable bonds is 5. The second-order valence-corrected chi connectivity index (χ2v) is 5.00. The second kappa shape index (κ2) is 5.89. The van der Waals surface area contributed by atoms with Crippen molar-refractivity contribution in [3.05, 3.63) is 36.4 Å². The van der Waals surface area contributed by atoms with Crippen molar-refractivity contribution in [3.8, 4) is 5.75 Å². The lowest BCUT2D eigenvalue weighted by atomic mass is 10.1. The number of anilines is 1. The lowest BCUT2D eigenvalue weighted by Crippen LogP contribution is -2.24. The van der Waals surface area contributed by atoms with Gasteiger partial charge in [0.25, 0.3) is 0 Å². The third-order valence-electron chi connectivity index (χ3n) is 3.08. The van der Waals surface area contributed by atoms with E-state index in [9.17, 15) is 4.79 Å². The minimum Gasteiger partial charge on any atom is -0.489 e. The van der Waals surface area contributed by atoms with Gasteiger partial charge < -0.3 is 14.7 Å². The fraction of sp³-hybridized carbons (Fsp3) is 0.400. The van der Waals surface area contributed by atoms with Crippen LogP contribution < -0.4 is 9.64 Å². The smallest absolute Gasteiger partial charge is 0.227 e. The lowest BCUT2D eigenvalue weighted by Gasteiger charge is -2.17. The minimum absolute atomic E-state index is 0.0347. The van der Waals surface area contributed by atoms with Gasteiger partial charge in [0.15, 0.2) is 0 Å². The molecule has 4 heteroatoms. The maximum atomic E-state index is 11.9. The van der Waals surface area contributed by atoms with Gasteiger partial charge in [0, 0.05) is 37.2 Å². The Morgan fingerprint density at radius 2 is 2.37 bits per heavy atom. The van der Waals surface area contributed by atoms with Gasteiger partial charge in [-0.2, -0.15) is 0 Å². The van der Waals surface area contributed by atoms with E-state index in [1.165, 1.54) is 0 Å². The fourth-order valence-corrected chi connectivity index (χ4v) is 2.10. The number of hydrogen-bond acceptors (Lipinski definition) is 3. The first kappa shape index (κ1) is 13.6. The zero-order chi connectivity index (χ0) is 13.8. The van der Waals surface area contributed by atoms with Crippen LogP contribution in [-0.2, 0) is 4.79 Å². The second-order valence-electron chi connectivity index (χ2n) is 5.00. The van der Waals surface area contributed by atoms with Crippen LogP contribution in [0.2, 0.25) is 0 Å². The van der Waals surface area contributed by atoms with Crippen molar-refractivity contribution >= 4 is 11.6 Å². The Morgan fingerprint density at radius 1 is 1.58 bits per heavy atom. The van der Waals surface area contributed by atoms with E-state index < -0.39 is 0 Å². The first-order valence-electron chi connectivity index (χ1n) is 6.38. The Hall–Kier alpha value is -1.81. The molecule has 102 valence electrons. The monoisotopic (exact) mass is 261 g/mol.